The molecule has 3 aromatic carbocycles. The van der Waals surface area contributed by atoms with Gasteiger partial charge in [0.25, 0.3) is 5.91 Å². The van der Waals surface area contributed by atoms with Gasteiger partial charge in [0, 0.05) is 11.1 Å². The van der Waals surface area contributed by atoms with Gasteiger partial charge in [0.15, 0.2) is 6.04 Å². The molecule has 0 spiro atoms. The molecule has 0 saturated carbocycles. The third-order valence-electron chi connectivity index (χ3n) is 4.60. The molecule has 5 nitrogen and oxygen atoms in total. The molecule has 0 saturated heterocycles. The molecule has 1 aliphatic heterocycles. The van der Waals surface area contributed by atoms with Crippen LogP contribution in [-0.2, 0) is 4.74 Å². The Morgan fingerprint density at radius 3 is 2.07 bits per heavy atom. The van der Waals surface area contributed by atoms with Crippen LogP contribution in [-0.4, -0.2) is 17.9 Å². The van der Waals surface area contributed by atoms with E-state index in [1.807, 2.05) is 18.2 Å². The molecule has 0 N–H and O–H groups in total. The molecule has 140 valence electrons. The molecule has 0 radical (unpaired) electrons. The zero-order chi connectivity index (χ0) is 20.2. The summed E-state index contributed by atoms with van der Waals surface area (Å²) < 4.78 is 5.56. The fraction of sp³-hybridized carbons (Fsp3) is 0.0417. The highest BCUT2D eigenvalue weighted by molar-refractivity contribution is 6.09. The fourth-order valence-electron chi connectivity index (χ4n) is 3.22. The third-order valence-corrected chi connectivity index (χ3v) is 4.60. The number of hydrogen-bond acceptors (Lipinski definition) is 4. The Hall–Kier alpha value is -4.17. The number of para-hydroxylation sites is 1. The molecule has 5 heteroatoms. The first-order valence-electron chi connectivity index (χ1n) is 9.05. The van der Waals surface area contributed by atoms with Crippen LogP contribution in [0.2, 0.25) is 0 Å². The molecule has 0 aliphatic carbocycles. The van der Waals surface area contributed by atoms with Crippen LogP contribution in [0.3, 0.4) is 0 Å². The topological polar surface area (TPSA) is 70.4 Å². The van der Waals surface area contributed by atoms with E-state index in [9.17, 15) is 14.9 Å². The number of benzene rings is 3. The normalized spacial score (nSPS) is 14.9. The van der Waals surface area contributed by atoms with Gasteiger partial charge in [0.05, 0.1) is 17.3 Å². The van der Waals surface area contributed by atoms with Crippen LogP contribution < -0.4 is 4.90 Å². The molecular formula is C24H16N2O3. The Bertz CT molecular complexity index is 1130. The molecule has 29 heavy (non-hydrogen) atoms. The van der Waals surface area contributed by atoms with E-state index in [2.05, 4.69) is 6.07 Å². The Kier molecular flexibility index (Phi) is 4.91. The predicted octanol–water partition coefficient (Wildman–Crippen LogP) is 4.44. The monoisotopic (exact) mass is 380 g/mol. The summed E-state index contributed by atoms with van der Waals surface area (Å²) in [5, 5.41) is 9.86. The van der Waals surface area contributed by atoms with Crippen molar-refractivity contribution in [2.75, 3.05) is 4.90 Å². The summed E-state index contributed by atoms with van der Waals surface area (Å²) in [5.41, 5.74) is 2.09. The van der Waals surface area contributed by atoms with Crippen molar-refractivity contribution in [3.63, 3.8) is 0 Å². The summed E-state index contributed by atoms with van der Waals surface area (Å²) >= 11 is 0. The standard InChI is InChI=1S/C24H16N2O3/c25-16-21-22(29-24(28)18-11-5-2-6-12-18)15-19-13-7-8-14-20(19)26(21)23(27)17-9-3-1-4-10-17/h1-15,21H/t21-/m0/s1. The van der Waals surface area contributed by atoms with E-state index in [4.69, 9.17) is 4.74 Å². The van der Waals surface area contributed by atoms with E-state index in [1.54, 1.807) is 72.8 Å². The number of ether oxygens (including phenoxy) is 1. The number of esters is 1. The SMILES string of the molecule is N#C[C@H]1C(OC(=O)c2ccccc2)=Cc2ccccc2N1C(=O)c1ccccc1. The van der Waals surface area contributed by atoms with Crippen LogP contribution in [0.15, 0.2) is 90.7 Å². The summed E-state index contributed by atoms with van der Waals surface area (Å²) in [7, 11) is 0. The molecule has 3 aromatic rings. The summed E-state index contributed by atoms with van der Waals surface area (Å²) in [6.07, 6.45) is 1.64. The second-order valence-electron chi connectivity index (χ2n) is 6.43. The van der Waals surface area contributed by atoms with E-state index < -0.39 is 12.0 Å². The Morgan fingerprint density at radius 2 is 1.41 bits per heavy atom. The van der Waals surface area contributed by atoms with Gasteiger partial charge in [0.2, 0.25) is 0 Å². The maximum Gasteiger partial charge on any atom is 0.343 e. The number of carbonyl (C=O) groups excluding carboxylic acids is 2. The molecule has 1 heterocycles. The molecule has 1 amide bonds. The van der Waals surface area contributed by atoms with Crippen LogP contribution in [0, 0.1) is 11.3 Å². The van der Waals surface area contributed by atoms with Crippen LogP contribution in [0.5, 0.6) is 0 Å². The van der Waals surface area contributed by atoms with Gasteiger partial charge >= 0.3 is 5.97 Å². The number of nitriles is 1. The maximum absolute atomic E-state index is 13.2. The molecule has 4 rings (SSSR count). The first-order chi connectivity index (χ1) is 14.2. The quantitative estimate of drug-likeness (QED) is 0.630. The van der Waals surface area contributed by atoms with E-state index in [1.165, 1.54) is 4.90 Å². The lowest BCUT2D eigenvalue weighted by Gasteiger charge is -2.33. The average molecular weight is 380 g/mol. The van der Waals surface area contributed by atoms with Crippen molar-refractivity contribution >= 4 is 23.6 Å². The summed E-state index contributed by atoms with van der Waals surface area (Å²) in [6, 6.07) is 25.5. The number of anilines is 1. The largest absolute Gasteiger partial charge is 0.424 e. The van der Waals surface area contributed by atoms with Crippen molar-refractivity contribution < 1.29 is 14.3 Å². The lowest BCUT2D eigenvalue weighted by Crippen LogP contribution is -2.43. The van der Waals surface area contributed by atoms with Crippen molar-refractivity contribution in [1.82, 2.24) is 0 Å². The highest BCUT2D eigenvalue weighted by Crippen LogP contribution is 2.34. The summed E-state index contributed by atoms with van der Waals surface area (Å²) in [4.78, 5) is 27.2. The predicted molar refractivity (Wildman–Crippen MR) is 109 cm³/mol. The van der Waals surface area contributed by atoms with Crippen molar-refractivity contribution in [3.8, 4) is 6.07 Å². The summed E-state index contributed by atoms with van der Waals surface area (Å²) in [6.45, 7) is 0. The van der Waals surface area contributed by atoms with Gasteiger partial charge in [-0.2, -0.15) is 5.26 Å². The number of carbonyl (C=O) groups is 2. The molecule has 1 aliphatic rings. The van der Waals surface area contributed by atoms with Crippen molar-refractivity contribution in [2.45, 2.75) is 6.04 Å². The minimum atomic E-state index is -1.06. The Labute approximate surface area is 168 Å². The smallest absolute Gasteiger partial charge is 0.343 e. The third kappa shape index (κ3) is 3.52. The second-order valence-corrected chi connectivity index (χ2v) is 6.43. The van der Waals surface area contributed by atoms with Gasteiger partial charge in [-0.3, -0.25) is 9.69 Å². The van der Waals surface area contributed by atoms with Crippen molar-refractivity contribution in [2.24, 2.45) is 0 Å². The first-order valence-corrected chi connectivity index (χ1v) is 9.05. The Morgan fingerprint density at radius 1 is 0.828 bits per heavy atom. The van der Waals surface area contributed by atoms with E-state index in [0.717, 1.165) is 0 Å². The average Bonchev–Trinajstić information content (AvgIpc) is 2.78. The van der Waals surface area contributed by atoms with Crippen LogP contribution in [0.1, 0.15) is 26.3 Å². The van der Waals surface area contributed by atoms with Gasteiger partial charge in [-0.25, -0.2) is 4.79 Å². The van der Waals surface area contributed by atoms with Gasteiger partial charge in [0.1, 0.15) is 5.76 Å². The lowest BCUT2D eigenvalue weighted by atomic mass is 10.00. The van der Waals surface area contributed by atoms with Gasteiger partial charge in [-0.05, 0) is 36.4 Å². The van der Waals surface area contributed by atoms with Gasteiger partial charge < -0.3 is 4.74 Å². The minimum absolute atomic E-state index is 0.115. The highest BCUT2D eigenvalue weighted by Gasteiger charge is 2.36. The zero-order valence-corrected chi connectivity index (χ0v) is 15.4. The maximum atomic E-state index is 13.2. The minimum Gasteiger partial charge on any atom is -0.424 e. The van der Waals surface area contributed by atoms with Gasteiger partial charge in [-0.15, -0.1) is 0 Å². The van der Waals surface area contributed by atoms with Crippen molar-refractivity contribution in [3.05, 3.63) is 107 Å². The molecule has 0 bridgehead atoms. The number of amides is 1. The van der Waals surface area contributed by atoms with E-state index >= 15 is 0 Å². The van der Waals surface area contributed by atoms with Gasteiger partial charge in [-0.1, -0.05) is 54.6 Å². The lowest BCUT2D eigenvalue weighted by molar-refractivity contribution is 0.0611. The number of hydrogen-bond donors (Lipinski definition) is 0. The fourth-order valence-corrected chi connectivity index (χ4v) is 3.22. The zero-order valence-electron chi connectivity index (χ0n) is 15.4. The van der Waals surface area contributed by atoms with Crippen LogP contribution in [0.25, 0.3) is 6.08 Å². The van der Waals surface area contributed by atoms with Crippen LogP contribution >= 0.6 is 0 Å². The molecular weight excluding hydrogens is 364 g/mol. The molecule has 0 unspecified atom stereocenters. The first kappa shape index (κ1) is 18.2. The number of rotatable bonds is 3. The van der Waals surface area contributed by atoms with Crippen molar-refractivity contribution in [1.29, 1.82) is 5.26 Å². The molecule has 0 aromatic heterocycles. The van der Waals surface area contributed by atoms with E-state index in [-0.39, 0.29) is 11.7 Å². The second kappa shape index (κ2) is 7.83. The number of nitrogens with zero attached hydrogens (tertiary/aromatic N) is 2. The number of fused-ring (bicyclic) bond motifs is 1. The molecule has 1 atom stereocenters. The Balaban J connectivity index is 1.75. The van der Waals surface area contributed by atoms with E-state index in [0.29, 0.717) is 22.4 Å². The molecule has 0 fully saturated rings. The summed E-state index contributed by atoms with van der Waals surface area (Å²) in [5.74, 6) is -0.807. The highest BCUT2D eigenvalue weighted by atomic mass is 16.5. The van der Waals surface area contributed by atoms with Crippen LogP contribution in [0.4, 0.5) is 5.69 Å².